The zero-order chi connectivity index (χ0) is 24.3. The van der Waals surface area contributed by atoms with E-state index >= 15 is 0 Å². The highest BCUT2D eigenvalue weighted by Gasteiger charge is 2.68. The van der Waals surface area contributed by atoms with E-state index in [4.69, 9.17) is 9.47 Å². The summed E-state index contributed by atoms with van der Waals surface area (Å²) in [6.45, 7) is 1.40. The highest BCUT2D eigenvalue weighted by molar-refractivity contribution is 5.85. The molecule has 6 nitrogen and oxygen atoms in total. The van der Waals surface area contributed by atoms with Gasteiger partial charge in [0.2, 0.25) is 0 Å². The van der Waals surface area contributed by atoms with Crippen molar-refractivity contribution < 1.29 is 37.3 Å². The van der Waals surface area contributed by atoms with E-state index < -0.39 is 29.7 Å². The quantitative estimate of drug-likeness (QED) is 0.639. The molecular formula is C25H24F3NO5. The molecule has 0 unspecified atom stereocenters. The number of nitrogens with one attached hydrogen (secondary N) is 1. The number of aliphatic hydroxyl groups excluding tert-OH is 1. The van der Waals surface area contributed by atoms with Crippen LogP contribution in [0.4, 0.5) is 13.2 Å². The fourth-order valence-corrected chi connectivity index (χ4v) is 5.58. The maximum Gasteiger partial charge on any atom is 0.258 e. The smallest absolute Gasteiger partial charge is 0.258 e. The largest absolute Gasteiger partial charge is 0.484 e. The zero-order valence-electron chi connectivity index (χ0n) is 18.5. The Balaban J connectivity index is 1.11. The number of ketones is 1. The van der Waals surface area contributed by atoms with Crippen molar-refractivity contribution in [3.8, 4) is 11.5 Å². The second-order valence-electron chi connectivity index (χ2n) is 9.86. The van der Waals surface area contributed by atoms with Gasteiger partial charge in [-0.25, -0.2) is 13.2 Å². The number of amides is 1. The molecule has 0 saturated heterocycles. The van der Waals surface area contributed by atoms with Gasteiger partial charge in [-0.2, -0.15) is 0 Å². The third kappa shape index (κ3) is 4.02. The molecule has 2 atom stereocenters. The third-order valence-electron chi connectivity index (χ3n) is 7.08. The van der Waals surface area contributed by atoms with Gasteiger partial charge in [0.1, 0.15) is 17.3 Å². The molecule has 0 aromatic heterocycles. The van der Waals surface area contributed by atoms with Crippen molar-refractivity contribution in [2.75, 3.05) is 6.61 Å². The summed E-state index contributed by atoms with van der Waals surface area (Å²) in [5, 5.41) is 13.2. The Kier molecular flexibility index (Phi) is 5.35. The first-order chi connectivity index (χ1) is 16.1. The van der Waals surface area contributed by atoms with Crippen LogP contribution < -0.4 is 14.8 Å². The number of aryl methyl sites for hydroxylation is 1. The van der Waals surface area contributed by atoms with Crippen molar-refractivity contribution in [1.29, 1.82) is 0 Å². The first-order valence-electron chi connectivity index (χ1n) is 11.1. The van der Waals surface area contributed by atoms with Crippen molar-refractivity contribution in [3.05, 3.63) is 58.9 Å². The number of carbonyl (C=O) groups excluding carboxylic acids is 2. The monoisotopic (exact) mass is 475 g/mol. The van der Waals surface area contributed by atoms with Gasteiger partial charge < -0.3 is 19.9 Å². The van der Waals surface area contributed by atoms with Crippen LogP contribution in [0.2, 0.25) is 0 Å². The summed E-state index contributed by atoms with van der Waals surface area (Å²) in [5.41, 5.74) is 0.0301. The Morgan fingerprint density at radius 2 is 1.82 bits per heavy atom. The average molecular weight is 475 g/mol. The summed E-state index contributed by atoms with van der Waals surface area (Å²) in [5.74, 6) is -2.86. The minimum atomic E-state index is -1.12. The molecule has 4 aliphatic rings. The van der Waals surface area contributed by atoms with Gasteiger partial charge >= 0.3 is 0 Å². The number of carbonyl (C=O) groups is 2. The SMILES string of the molecule is Cc1ccc(OCC(=O)NC23CC(CC(=O)[C@@H]4C[C@H](O)c5cc(F)c(F)cc5O4)(C2)C3)cc1F. The Bertz CT molecular complexity index is 1160. The second-order valence-corrected chi connectivity index (χ2v) is 9.86. The standard InChI is InChI=1S/C25H24F3NO5/c1-13-2-3-14(4-16(13)26)33-9-23(32)29-25-10-24(11-25,12-25)8-20(31)22-7-19(30)15-5-17(27)18(28)6-21(15)34-22/h2-6,19,22,30H,7-12H2,1H3,(H,29,32)/t19-,22-,24?,25?/m0/s1. The third-order valence-corrected chi connectivity index (χ3v) is 7.08. The van der Waals surface area contributed by atoms with Crippen molar-refractivity contribution in [2.24, 2.45) is 5.41 Å². The minimum Gasteiger partial charge on any atom is -0.484 e. The van der Waals surface area contributed by atoms with Gasteiger partial charge in [-0.05, 0) is 49.3 Å². The summed E-state index contributed by atoms with van der Waals surface area (Å²) in [6.07, 6.45) is 0.0719. The van der Waals surface area contributed by atoms with Crippen LogP contribution >= 0.6 is 0 Å². The summed E-state index contributed by atoms with van der Waals surface area (Å²) >= 11 is 0. The molecular weight excluding hydrogens is 451 g/mol. The molecule has 2 aromatic rings. The van der Waals surface area contributed by atoms with E-state index in [-0.39, 0.29) is 59.2 Å². The van der Waals surface area contributed by atoms with Crippen LogP contribution in [-0.4, -0.2) is 35.0 Å². The maximum absolute atomic E-state index is 13.6. The number of Topliss-reactive ketones (excluding diaryl/α,β-unsaturated/α-hetero) is 1. The Labute approximate surface area is 194 Å². The lowest BCUT2D eigenvalue weighted by Crippen LogP contribution is -2.75. The predicted octanol–water partition coefficient (Wildman–Crippen LogP) is 3.67. The van der Waals surface area contributed by atoms with Crippen LogP contribution in [0.15, 0.2) is 30.3 Å². The number of aliphatic hydroxyl groups is 1. The molecule has 34 heavy (non-hydrogen) atoms. The Morgan fingerprint density at radius 3 is 2.53 bits per heavy atom. The molecule has 1 heterocycles. The van der Waals surface area contributed by atoms with Crippen LogP contribution in [0, 0.1) is 29.8 Å². The van der Waals surface area contributed by atoms with Crippen LogP contribution in [0.25, 0.3) is 0 Å². The van der Waals surface area contributed by atoms with Gasteiger partial charge in [0.25, 0.3) is 5.91 Å². The number of halogens is 3. The predicted molar refractivity (Wildman–Crippen MR) is 114 cm³/mol. The highest BCUT2D eigenvalue weighted by atomic mass is 19.2. The summed E-state index contributed by atoms with van der Waals surface area (Å²) in [4.78, 5) is 25.1. The molecule has 3 saturated carbocycles. The fraction of sp³-hybridized carbons (Fsp3) is 0.440. The van der Waals surface area contributed by atoms with Crippen LogP contribution in [-0.2, 0) is 9.59 Å². The van der Waals surface area contributed by atoms with Gasteiger partial charge in [0.05, 0.1) is 6.10 Å². The number of fused-ring (bicyclic) bond motifs is 1. The van der Waals surface area contributed by atoms with E-state index in [2.05, 4.69) is 5.32 Å². The van der Waals surface area contributed by atoms with Crippen LogP contribution in [0.5, 0.6) is 11.5 Å². The first kappa shape index (κ1) is 22.7. The van der Waals surface area contributed by atoms with Gasteiger partial charge in [-0.1, -0.05) is 6.07 Å². The van der Waals surface area contributed by atoms with Gasteiger partial charge in [-0.3, -0.25) is 9.59 Å². The molecule has 180 valence electrons. The molecule has 1 aliphatic heterocycles. The second kappa shape index (κ2) is 8.01. The first-order valence-corrected chi connectivity index (χ1v) is 11.1. The maximum atomic E-state index is 13.6. The van der Waals surface area contributed by atoms with Crippen molar-refractivity contribution >= 4 is 11.7 Å². The Morgan fingerprint density at radius 1 is 1.12 bits per heavy atom. The molecule has 2 bridgehead atoms. The number of hydrogen-bond donors (Lipinski definition) is 2. The van der Waals surface area contributed by atoms with Crippen molar-refractivity contribution in [1.82, 2.24) is 5.32 Å². The molecule has 2 N–H and O–H groups in total. The zero-order valence-corrected chi connectivity index (χ0v) is 18.5. The summed E-state index contributed by atoms with van der Waals surface area (Å²) < 4.78 is 51.5. The van der Waals surface area contributed by atoms with Gasteiger partial charge in [0, 0.05) is 36.1 Å². The van der Waals surface area contributed by atoms with Gasteiger partial charge in [0.15, 0.2) is 30.1 Å². The summed E-state index contributed by atoms with van der Waals surface area (Å²) in [7, 11) is 0. The fourth-order valence-electron chi connectivity index (χ4n) is 5.58. The van der Waals surface area contributed by atoms with E-state index in [0.717, 1.165) is 12.1 Å². The molecule has 0 spiro atoms. The van der Waals surface area contributed by atoms with E-state index in [0.29, 0.717) is 24.8 Å². The molecule has 9 heteroatoms. The number of benzene rings is 2. The molecule has 3 fully saturated rings. The van der Waals surface area contributed by atoms with Crippen molar-refractivity contribution in [2.45, 2.75) is 56.8 Å². The number of ether oxygens (including phenoxy) is 2. The number of hydrogen-bond acceptors (Lipinski definition) is 5. The van der Waals surface area contributed by atoms with Crippen LogP contribution in [0.1, 0.15) is 49.3 Å². The molecule has 0 radical (unpaired) electrons. The van der Waals surface area contributed by atoms with Crippen molar-refractivity contribution in [3.63, 3.8) is 0 Å². The van der Waals surface area contributed by atoms with E-state index in [1.54, 1.807) is 19.1 Å². The minimum absolute atomic E-state index is 0.0220. The molecule has 1 amide bonds. The average Bonchev–Trinajstić information content (AvgIpc) is 2.73. The van der Waals surface area contributed by atoms with E-state index in [9.17, 15) is 27.9 Å². The lowest BCUT2D eigenvalue weighted by molar-refractivity contribution is -0.175. The van der Waals surface area contributed by atoms with E-state index in [1.807, 2.05) is 0 Å². The normalized spacial score (nSPS) is 28.6. The molecule has 3 aliphatic carbocycles. The molecule has 2 aromatic carbocycles. The Hall–Kier alpha value is -3.07. The van der Waals surface area contributed by atoms with Crippen LogP contribution in [0.3, 0.4) is 0 Å². The molecule has 6 rings (SSSR count). The summed E-state index contributed by atoms with van der Waals surface area (Å²) in [6, 6.07) is 6.15. The van der Waals surface area contributed by atoms with E-state index in [1.165, 1.54) is 6.07 Å². The topological polar surface area (TPSA) is 84.9 Å². The number of rotatable bonds is 7. The lowest BCUT2D eigenvalue weighted by Gasteiger charge is -2.70. The highest BCUT2D eigenvalue weighted by Crippen LogP contribution is 2.69. The lowest BCUT2D eigenvalue weighted by atomic mass is 9.38. The van der Waals surface area contributed by atoms with Gasteiger partial charge in [-0.15, -0.1) is 0 Å².